The first-order chi connectivity index (χ1) is 9.26. The molecule has 0 aromatic heterocycles. The predicted octanol–water partition coefficient (Wildman–Crippen LogP) is 2.43. The van der Waals surface area contributed by atoms with Crippen molar-refractivity contribution in [3.63, 3.8) is 0 Å². The van der Waals surface area contributed by atoms with E-state index in [0.717, 1.165) is 13.0 Å². The molecule has 2 rings (SSSR count). The SMILES string of the molecule is COc1cccc(C#N)c1OCC1CCCCN1C. The number of nitriles is 1. The van der Waals surface area contributed by atoms with E-state index in [2.05, 4.69) is 18.0 Å². The summed E-state index contributed by atoms with van der Waals surface area (Å²) in [7, 11) is 3.72. The molecule has 0 aliphatic carbocycles. The molecule has 1 aromatic carbocycles. The molecule has 1 unspecified atom stereocenters. The summed E-state index contributed by atoms with van der Waals surface area (Å²) >= 11 is 0. The Bertz CT molecular complexity index is 468. The molecule has 102 valence electrons. The van der Waals surface area contributed by atoms with Gasteiger partial charge in [-0.15, -0.1) is 0 Å². The lowest BCUT2D eigenvalue weighted by Gasteiger charge is -2.32. The molecule has 1 aliphatic rings. The van der Waals surface area contributed by atoms with E-state index >= 15 is 0 Å². The summed E-state index contributed by atoms with van der Waals surface area (Å²) in [6.45, 7) is 1.72. The van der Waals surface area contributed by atoms with Crippen LogP contribution < -0.4 is 9.47 Å². The maximum Gasteiger partial charge on any atom is 0.178 e. The summed E-state index contributed by atoms with van der Waals surface area (Å²) in [4.78, 5) is 2.32. The summed E-state index contributed by atoms with van der Waals surface area (Å²) in [6.07, 6.45) is 3.65. The molecular weight excluding hydrogens is 240 g/mol. The Morgan fingerprint density at radius 2 is 2.26 bits per heavy atom. The Morgan fingerprint density at radius 3 is 2.95 bits per heavy atom. The van der Waals surface area contributed by atoms with Gasteiger partial charge in [-0.25, -0.2) is 0 Å². The number of benzene rings is 1. The van der Waals surface area contributed by atoms with Gasteiger partial charge in [-0.05, 0) is 38.6 Å². The van der Waals surface area contributed by atoms with Crippen LogP contribution in [0.4, 0.5) is 0 Å². The molecule has 4 heteroatoms. The first-order valence-electron chi connectivity index (χ1n) is 6.66. The van der Waals surface area contributed by atoms with Crippen molar-refractivity contribution in [3.8, 4) is 17.6 Å². The van der Waals surface area contributed by atoms with Crippen LogP contribution in [0.2, 0.25) is 0 Å². The van der Waals surface area contributed by atoms with Gasteiger partial charge in [0.15, 0.2) is 11.5 Å². The lowest BCUT2D eigenvalue weighted by Crippen LogP contribution is -2.40. The van der Waals surface area contributed by atoms with Gasteiger partial charge in [0.25, 0.3) is 0 Å². The summed E-state index contributed by atoms with van der Waals surface area (Å²) in [6, 6.07) is 7.95. The van der Waals surface area contributed by atoms with Crippen LogP contribution in [0.3, 0.4) is 0 Å². The van der Waals surface area contributed by atoms with E-state index in [9.17, 15) is 0 Å². The first kappa shape index (κ1) is 13.7. The Labute approximate surface area is 114 Å². The van der Waals surface area contributed by atoms with Crippen LogP contribution >= 0.6 is 0 Å². The predicted molar refractivity (Wildman–Crippen MR) is 73.5 cm³/mol. The number of methoxy groups -OCH3 is 1. The molecular formula is C15H20N2O2. The maximum atomic E-state index is 9.13. The third kappa shape index (κ3) is 3.18. The van der Waals surface area contributed by atoms with Crippen molar-refractivity contribution in [1.29, 1.82) is 5.26 Å². The number of likely N-dealkylation sites (N-methyl/N-ethyl adjacent to an activating group) is 1. The van der Waals surface area contributed by atoms with Crippen molar-refractivity contribution >= 4 is 0 Å². The first-order valence-corrected chi connectivity index (χ1v) is 6.66. The van der Waals surface area contributed by atoms with Crippen LogP contribution in [-0.4, -0.2) is 38.3 Å². The van der Waals surface area contributed by atoms with Crippen LogP contribution in [0.1, 0.15) is 24.8 Å². The smallest absolute Gasteiger partial charge is 0.178 e. The molecule has 1 heterocycles. The quantitative estimate of drug-likeness (QED) is 0.834. The highest BCUT2D eigenvalue weighted by atomic mass is 16.5. The second-order valence-electron chi connectivity index (χ2n) is 4.89. The van der Waals surface area contributed by atoms with Gasteiger partial charge in [0.1, 0.15) is 12.7 Å². The van der Waals surface area contributed by atoms with Crippen molar-refractivity contribution in [2.45, 2.75) is 25.3 Å². The Morgan fingerprint density at radius 1 is 1.42 bits per heavy atom. The molecule has 0 radical (unpaired) electrons. The van der Waals surface area contributed by atoms with Gasteiger partial charge >= 0.3 is 0 Å². The number of nitrogens with zero attached hydrogens (tertiary/aromatic N) is 2. The van der Waals surface area contributed by atoms with Crippen molar-refractivity contribution in [1.82, 2.24) is 4.90 Å². The number of piperidine rings is 1. The molecule has 19 heavy (non-hydrogen) atoms. The minimum Gasteiger partial charge on any atom is -0.493 e. The molecule has 1 saturated heterocycles. The Hall–Kier alpha value is -1.73. The van der Waals surface area contributed by atoms with E-state index in [1.807, 2.05) is 6.07 Å². The lowest BCUT2D eigenvalue weighted by atomic mass is 10.0. The number of likely N-dealkylation sites (tertiary alicyclic amines) is 1. The average Bonchev–Trinajstić information content (AvgIpc) is 2.46. The van der Waals surface area contributed by atoms with Gasteiger partial charge in [-0.1, -0.05) is 12.5 Å². The number of para-hydroxylation sites is 1. The minimum atomic E-state index is 0.421. The minimum absolute atomic E-state index is 0.421. The highest BCUT2D eigenvalue weighted by Crippen LogP contribution is 2.31. The largest absolute Gasteiger partial charge is 0.493 e. The number of hydrogen-bond donors (Lipinski definition) is 0. The molecule has 1 aromatic rings. The molecule has 0 spiro atoms. The topological polar surface area (TPSA) is 45.5 Å². The fourth-order valence-electron chi connectivity index (χ4n) is 2.45. The number of hydrogen-bond acceptors (Lipinski definition) is 4. The Kier molecular flexibility index (Phi) is 4.64. The summed E-state index contributed by atoms with van der Waals surface area (Å²) < 4.78 is 11.1. The molecule has 1 atom stereocenters. The third-order valence-electron chi connectivity index (χ3n) is 3.66. The third-order valence-corrected chi connectivity index (χ3v) is 3.66. The van der Waals surface area contributed by atoms with Crippen LogP contribution in [0.25, 0.3) is 0 Å². The van der Waals surface area contributed by atoms with Crippen LogP contribution in [0, 0.1) is 11.3 Å². The van der Waals surface area contributed by atoms with Crippen molar-refractivity contribution < 1.29 is 9.47 Å². The number of rotatable bonds is 4. The van der Waals surface area contributed by atoms with E-state index in [4.69, 9.17) is 14.7 Å². The van der Waals surface area contributed by atoms with Gasteiger partial charge in [-0.2, -0.15) is 5.26 Å². The molecule has 0 amide bonds. The van der Waals surface area contributed by atoms with Crippen molar-refractivity contribution in [3.05, 3.63) is 23.8 Å². The van der Waals surface area contributed by atoms with E-state index in [1.165, 1.54) is 12.8 Å². The molecule has 1 aliphatic heterocycles. The maximum absolute atomic E-state index is 9.13. The second-order valence-corrected chi connectivity index (χ2v) is 4.89. The zero-order valence-corrected chi connectivity index (χ0v) is 11.6. The van der Waals surface area contributed by atoms with Crippen LogP contribution in [0.5, 0.6) is 11.5 Å². The van der Waals surface area contributed by atoms with E-state index in [-0.39, 0.29) is 0 Å². The van der Waals surface area contributed by atoms with E-state index < -0.39 is 0 Å². The molecule has 0 saturated carbocycles. The molecule has 0 bridgehead atoms. The highest BCUT2D eigenvalue weighted by Gasteiger charge is 2.20. The van der Waals surface area contributed by atoms with Gasteiger partial charge in [0.05, 0.1) is 12.7 Å². The highest BCUT2D eigenvalue weighted by molar-refractivity contribution is 5.52. The monoisotopic (exact) mass is 260 g/mol. The summed E-state index contributed by atoms with van der Waals surface area (Å²) in [5, 5.41) is 9.13. The van der Waals surface area contributed by atoms with Gasteiger partial charge in [0.2, 0.25) is 0 Å². The average molecular weight is 260 g/mol. The summed E-state index contributed by atoms with van der Waals surface area (Å²) in [5.74, 6) is 1.18. The second kappa shape index (κ2) is 6.44. The zero-order valence-electron chi connectivity index (χ0n) is 11.6. The van der Waals surface area contributed by atoms with Crippen molar-refractivity contribution in [2.24, 2.45) is 0 Å². The molecule has 1 fully saturated rings. The van der Waals surface area contributed by atoms with Gasteiger partial charge in [0, 0.05) is 6.04 Å². The fourth-order valence-corrected chi connectivity index (χ4v) is 2.45. The van der Waals surface area contributed by atoms with Crippen LogP contribution in [0.15, 0.2) is 18.2 Å². The fraction of sp³-hybridized carbons (Fsp3) is 0.533. The summed E-state index contributed by atoms with van der Waals surface area (Å²) in [5.41, 5.74) is 0.526. The standard InChI is InChI=1S/C15H20N2O2/c1-17-9-4-3-7-13(17)11-19-15-12(10-16)6-5-8-14(15)18-2/h5-6,8,13H,3-4,7,9,11H2,1-2H3. The zero-order chi connectivity index (χ0) is 13.7. The van der Waals surface area contributed by atoms with Crippen molar-refractivity contribution in [2.75, 3.05) is 27.3 Å². The van der Waals surface area contributed by atoms with E-state index in [1.54, 1.807) is 19.2 Å². The van der Waals surface area contributed by atoms with E-state index in [0.29, 0.717) is 29.7 Å². The Balaban J connectivity index is 2.08. The normalized spacial score (nSPS) is 19.7. The van der Waals surface area contributed by atoms with Crippen LogP contribution in [-0.2, 0) is 0 Å². The molecule has 0 N–H and O–H groups in total. The van der Waals surface area contributed by atoms with Gasteiger partial charge < -0.3 is 14.4 Å². The number of ether oxygens (including phenoxy) is 2. The lowest BCUT2D eigenvalue weighted by molar-refractivity contribution is 0.123. The molecule has 4 nitrogen and oxygen atoms in total. The van der Waals surface area contributed by atoms with Gasteiger partial charge in [-0.3, -0.25) is 0 Å².